The standard InChI is InChI=1S/C14H10F3N3/c1-7-3-2-4-11-13(7)20(14(18)19-11)8-5-9(15)12(17)10(16)6-8/h2-6H,1H3,(H2,18,19). The molecule has 1 aromatic heterocycles. The van der Waals surface area contributed by atoms with Gasteiger partial charge in [0, 0.05) is 12.1 Å². The van der Waals surface area contributed by atoms with Gasteiger partial charge in [0.2, 0.25) is 5.95 Å². The molecule has 102 valence electrons. The van der Waals surface area contributed by atoms with E-state index in [9.17, 15) is 13.2 Å². The van der Waals surface area contributed by atoms with Gasteiger partial charge >= 0.3 is 0 Å². The maximum absolute atomic E-state index is 13.4. The van der Waals surface area contributed by atoms with Crippen molar-refractivity contribution in [1.29, 1.82) is 0 Å². The largest absolute Gasteiger partial charge is 0.369 e. The number of para-hydroxylation sites is 1. The van der Waals surface area contributed by atoms with Gasteiger partial charge in [-0.1, -0.05) is 12.1 Å². The molecule has 0 aliphatic carbocycles. The molecular weight excluding hydrogens is 267 g/mol. The third kappa shape index (κ3) is 1.72. The van der Waals surface area contributed by atoms with Crippen LogP contribution in [0.4, 0.5) is 19.1 Å². The molecule has 1 heterocycles. The van der Waals surface area contributed by atoms with Gasteiger partial charge in [0.05, 0.1) is 16.7 Å². The van der Waals surface area contributed by atoms with E-state index in [-0.39, 0.29) is 11.6 Å². The highest BCUT2D eigenvalue weighted by Gasteiger charge is 2.16. The summed E-state index contributed by atoms with van der Waals surface area (Å²) in [6.45, 7) is 1.83. The molecule has 3 nitrogen and oxygen atoms in total. The Labute approximate surface area is 112 Å². The van der Waals surface area contributed by atoms with Crippen LogP contribution in [-0.4, -0.2) is 9.55 Å². The number of anilines is 1. The molecule has 0 aliphatic rings. The van der Waals surface area contributed by atoms with E-state index in [2.05, 4.69) is 4.98 Å². The van der Waals surface area contributed by atoms with Gasteiger partial charge in [-0.3, -0.25) is 4.57 Å². The zero-order chi connectivity index (χ0) is 14.4. The summed E-state index contributed by atoms with van der Waals surface area (Å²) in [6, 6.07) is 7.16. The summed E-state index contributed by atoms with van der Waals surface area (Å²) in [5.41, 5.74) is 7.98. The lowest BCUT2D eigenvalue weighted by atomic mass is 10.2. The number of rotatable bonds is 1. The highest BCUT2D eigenvalue weighted by molar-refractivity contribution is 5.83. The fraction of sp³-hybridized carbons (Fsp3) is 0.0714. The smallest absolute Gasteiger partial charge is 0.205 e. The van der Waals surface area contributed by atoms with Gasteiger partial charge in [-0.2, -0.15) is 0 Å². The van der Waals surface area contributed by atoms with E-state index in [1.54, 1.807) is 12.1 Å². The molecule has 6 heteroatoms. The van der Waals surface area contributed by atoms with Crippen LogP contribution in [0.15, 0.2) is 30.3 Å². The van der Waals surface area contributed by atoms with Gasteiger partial charge < -0.3 is 5.73 Å². The molecule has 0 amide bonds. The first-order chi connectivity index (χ1) is 9.49. The second-order valence-electron chi connectivity index (χ2n) is 4.47. The van der Waals surface area contributed by atoms with Gasteiger partial charge in [0.1, 0.15) is 0 Å². The summed E-state index contributed by atoms with van der Waals surface area (Å²) in [4.78, 5) is 4.13. The van der Waals surface area contributed by atoms with Crippen molar-refractivity contribution < 1.29 is 13.2 Å². The summed E-state index contributed by atoms with van der Waals surface area (Å²) in [5, 5.41) is 0. The monoisotopic (exact) mass is 277 g/mol. The minimum absolute atomic E-state index is 0.0831. The zero-order valence-electron chi connectivity index (χ0n) is 10.5. The van der Waals surface area contributed by atoms with Crippen molar-refractivity contribution in [3.63, 3.8) is 0 Å². The van der Waals surface area contributed by atoms with Crippen LogP contribution in [0.2, 0.25) is 0 Å². The molecule has 3 rings (SSSR count). The molecule has 2 N–H and O–H groups in total. The first-order valence-electron chi connectivity index (χ1n) is 5.87. The molecule has 0 bridgehead atoms. The van der Waals surface area contributed by atoms with Crippen LogP contribution in [0.1, 0.15) is 5.56 Å². The Morgan fingerprint density at radius 2 is 1.75 bits per heavy atom. The van der Waals surface area contributed by atoms with E-state index >= 15 is 0 Å². The highest BCUT2D eigenvalue weighted by atomic mass is 19.2. The van der Waals surface area contributed by atoms with Crippen LogP contribution in [0, 0.1) is 24.4 Å². The number of hydrogen-bond donors (Lipinski definition) is 1. The lowest BCUT2D eigenvalue weighted by Crippen LogP contribution is -2.04. The average Bonchev–Trinajstić information content (AvgIpc) is 2.73. The fourth-order valence-electron chi connectivity index (χ4n) is 2.25. The number of imidazole rings is 1. The van der Waals surface area contributed by atoms with Crippen molar-refractivity contribution in [1.82, 2.24) is 9.55 Å². The van der Waals surface area contributed by atoms with Gasteiger partial charge in [0.15, 0.2) is 17.5 Å². The number of nitrogens with zero attached hydrogens (tertiary/aromatic N) is 2. The molecule has 0 unspecified atom stereocenters. The number of aromatic nitrogens is 2. The second-order valence-corrected chi connectivity index (χ2v) is 4.47. The second kappa shape index (κ2) is 4.26. The molecule has 0 radical (unpaired) electrons. The summed E-state index contributed by atoms with van der Waals surface area (Å²) in [5.74, 6) is -3.96. The van der Waals surface area contributed by atoms with E-state index in [0.717, 1.165) is 17.7 Å². The topological polar surface area (TPSA) is 43.8 Å². The van der Waals surface area contributed by atoms with Crippen LogP contribution < -0.4 is 5.73 Å². The van der Waals surface area contributed by atoms with Crippen LogP contribution >= 0.6 is 0 Å². The predicted octanol–water partition coefficient (Wildman–Crippen LogP) is 3.33. The summed E-state index contributed by atoms with van der Waals surface area (Å²) in [7, 11) is 0. The average molecular weight is 277 g/mol. The fourth-order valence-corrected chi connectivity index (χ4v) is 2.25. The molecule has 0 atom stereocenters. The number of nitrogens with two attached hydrogens (primary N) is 1. The molecule has 0 fully saturated rings. The van der Waals surface area contributed by atoms with E-state index in [0.29, 0.717) is 11.0 Å². The van der Waals surface area contributed by atoms with Gasteiger partial charge in [-0.25, -0.2) is 18.2 Å². The van der Waals surface area contributed by atoms with Crippen molar-refractivity contribution in [2.75, 3.05) is 5.73 Å². The van der Waals surface area contributed by atoms with Crippen LogP contribution in [-0.2, 0) is 0 Å². The van der Waals surface area contributed by atoms with Crippen LogP contribution in [0.3, 0.4) is 0 Å². The zero-order valence-corrected chi connectivity index (χ0v) is 10.5. The maximum Gasteiger partial charge on any atom is 0.205 e. The Hall–Kier alpha value is -2.50. The first-order valence-corrected chi connectivity index (χ1v) is 5.87. The minimum atomic E-state index is -1.51. The number of hydrogen-bond acceptors (Lipinski definition) is 2. The summed E-state index contributed by atoms with van der Waals surface area (Å²) >= 11 is 0. The van der Waals surface area contributed by atoms with Crippen molar-refractivity contribution in [3.8, 4) is 5.69 Å². The number of fused-ring (bicyclic) bond motifs is 1. The lowest BCUT2D eigenvalue weighted by molar-refractivity contribution is 0.446. The van der Waals surface area contributed by atoms with Crippen molar-refractivity contribution >= 4 is 17.0 Å². The highest BCUT2D eigenvalue weighted by Crippen LogP contribution is 2.27. The van der Waals surface area contributed by atoms with Crippen molar-refractivity contribution in [2.24, 2.45) is 0 Å². The number of nitrogen functional groups attached to an aromatic ring is 1. The molecule has 3 aromatic rings. The molecule has 0 spiro atoms. The SMILES string of the molecule is Cc1cccc2nc(N)n(-c3cc(F)c(F)c(F)c3)c12. The van der Waals surface area contributed by atoms with Gasteiger partial charge in [-0.05, 0) is 18.6 Å². The Morgan fingerprint density at radius 3 is 2.40 bits per heavy atom. The number of halogens is 3. The van der Waals surface area contributed by atoms with E-state index < -0.39 is 17.5 Å². The normalized spacial score (nSPS) is 11.2. The molecular formula is C14H10F3N3. The van der Waals surface area contributed by atoms with Gasteiger partial charge in [-0.15, -0.1) is 0 Å². The van der Waals surface area contributed by atoms with E-state index in [4.69, 9.17) is 5.73 Å². The Balaban J connectivity index is 2.38. The van der Waals surface area contributed by atoms with Crippen molar-refractivity contribution in [3.05, 3.63) is 53.3 Å². The first kappa shape index (κ1) is 12.5. The summed E-state index contributed by atoms with van der Waals surface area (Å²) in [6.07, 6.45) is 0. The molecule has 2 aromatic carbocycles. The Morgan fingerprint density at radius 1 is 1.10 bits per heavy atom. The predicted molar refractivity (Wildman–Crippen MR) is 70.1 cm³/mol. The van der Waals surface area contributed by atoms with E-state index in [1.165, 1.54) is 4.57 Å². The number of aryl methyl sites for hydroxylation is 1. The van der Waals surface area contributed by atoms with E-state index in [1.807, 2.05) is 13.0 Å². The van der Waals surface area contributed by atoms with Crippen LogP contribution in [0.25, 0.3) is 16.7 Å². The Bertz CT molecular complexity index is 801. The maximum atomic E-state index is 13.4. The molecule has 0 saturated heterocycles. The minimum Gasteiger partial charge on any atom is -0.369 e. The quantitative estimate of drug-likeness (QED) is 0.693. The third-order valence-electron chi connectivity index (χ3n) is 3.13. The third-order valence-corrected chi connectivity index (χ3v) is 3.13. The molecule has 20 heavy (non-hydrogen) atoms. The lowest BCUT2D eigenvalue weighted by Gasteiger charge is -2.09. The molecule has 0 saturated carbocycles. The van der Waals surface area contributed by atoms with Crippen LogP contribution in [0.5, 0.6) is 0 Å². The van der Waals surface area contributed by atoms with Gasteiger partial charge in [0.25, 0.3) is 0 Å². The number of benzene rings is 2. The van der Waals surface area contributed by atoms with Crippen molar-refractivity contribution in [2.45, 2.75) is 6.92 Å². The Kier molecular flexibility index (Phi) is 2.67. The summed E-state index contributed by atoms with van der Waals surface area (Å²) < 4.78 is 41.2. The molecule has 0 aliphatic heterocycles.